The lowest BCUT2D eigenvalue weighted by Crippen LogP contribution is -2.22. The zero-order valence-electron chi connectivity index (χ0n) is 18.5. The van der Waals surface area contributed by atoms with Gasteiger partial charge in [0.15, 0.2) is 0 Å². The van der Waals surface area contributed by atoms with Gasteiger partial charge in [-0.15, -0.1) is 0 Å². The fraction of sp³-hybridized carbons (Fsp3) is 0.111. The second-order valence-corrected chi connectivity index (χ2v) is 9.40. The predicted molar refractivity (Wildman–Crippen MR) is 139 cm³/mol. The van der Waals surface area contributed by atoms with Gasteiger partial charge in [0.05, 0.1) is 22.9 Å². The monoisotopic (exact) mass is 509 g/mol. The van der Waals surface area contributed by atoms with Crippen molar-refractivity contribution in [2.75, 3.05) is 6.61 Å². The minimum atomic E-state index is -0.713. The summed E-state index contributed by atoms with van der Waals surface area (Å²) in [7, 11) is 0. The van der Waals surface area contributed by atoms with Crippen LogP contribution in [0.3, 0.4) is 0 Å². The number of aromatic amines is 1. The Bertz CT molecular complexity index is 1410. The first-order chi connectivity index (χ1) is 16.4. The molecule has 0 saturated heterocycles. The summed E-state index contributed by atoms with van der Waals surface area (Å²) in [6, 6.07) is 22.1. The Morgan fingerprint density at radius 2 is 1.44 bits per heavy atom. The molecule has 172 valence electrons. The van der Waals surface area contributed by atoms with Gasteiger partial charge in [0.2, 0.25) is 5.43 Å². The summed E-state index contributed by atoms with van der Waals surface area (Å²) in [5, 5.41) is 0.866. The van der Waals surface area contributed by atoms with Crippen LogP contribution in [0.25, 0.3) is 22.5 Å². The predicted octanol–water partition coefficient (Wildman–Crippen LogP) is 7.65. The number of aryl methyl sites for hydroxylation is 1. The molecule has 4 rings (SSSR count). The fourth-order valence-electron chi connectivity index (χ4n) is 3.52. The number of rotatable bonds is 6. The van der Waals surface area contributed by atoms with E-state index in [0.717, 1.165) is 10.5 Å². The number of nitrogens with one attached hydrogen (secondary N) is 1. The number of H-pyrrole nitrogens is 1. The molecule has 0 aliphatic heterocycles. The molecule has 7 heteroatoms. The van der Waals surface area contributed by atoms with Crippen LogP contribution in [0.15, 0.2) is 87.4 Å². The number of aromatic nitrogens is 1. The number of pyridine rings is 1. The molecule has 1 heterocycles. The highest BCUT2D eigenvalue weighted by molar-refractivity contribution is 7.99. The summed E-state index contributed by atoms with van der Waals surface area (Å²) in [4.78, 5) is 31.5. The zero-order valence-corrected chi connectivity index (χ0v) is 20.9. The molecule has 4 nitrogen and oxygen atoms in total. The van der Waals surface area contributed by atoms with Crippen molar-refractivity contribution in [2.45, 2.75) is 23.6 Å². The van der Waals surface area contributed by atoms with Gasteiger partial charge in [-0.25, -0.2) is 4.79 Å². The van der Waals surface area contributed by atoms with Crippen LogP contribution in [0.2, 0.25) is 10.0 Å². The normalized spacial score (nSPS) is 10.8. The van der Waals surface area contributed by atoms with Crippen molar-refractivity contribution in [3.63, 3.8) is 0 Å². The summed E-state index contributed by atoms with van der Waals surface area (Å²) < 4.78 is 5.26. The van der Waals surface area contributed by atoms with Gasteiger partial charge in [0, 0.05) is 26.1 Å². The summed E-state index contributed by atoms with van der Waals surface area (Å²) >= 11 is 14.3. The Labute approximate surface area is 211 Å². The van der Waals surface area contributed by atoms with Crippen molar-refractivity contribution >= 4 is 40.9 Å². The van der Waals surface area contributed by atoms with E-state index in [4.69, 9.17) is 27.9 Å². The topological polar surface area (TPSA) is 59.2 Å². The lowest BCUT2D eigenvalue weighted by Gasteiger charge is -2.17. The lowest BCUT2D eigenvalue weighted by molar-refractivity contribution is 0.0525. The van der Waals surface area contributed by atoms with Crippen LogP contribution in [0.1, 0.15) is 22.8 Å². The Hall–Kier alpha value is -2.99. The van der Waals surface area contributed by atoms with Crippen molar-refractivity contribution in [2.24, 2.45) is 0 Å². The minimum absolute atomic E-state index is 0.0969. The summed E-state index contributed by atoms with van der Waals surface area (Å²) in [6.45, 7) is 3.82. The van der Waals surface area contributed by atoms with Crippen molar-refractivity contribution in [3.8, 4) is 22.5 Å². The molecule has 0 spiro atoms. The molecule has 0 amide bonds. The van der Waals surface area contributed by atoms with Crippen LogP contribution in [-0.4, -0.2) is 17.6 Å². The van der Waals surface area contributed by atoms with Gasteiger partial charge < -0.3 is 9.72 Å². The van der Waals surface area contributed by atoms with Crippen molar-refractivity contribution in [3.05, 3.63) is 104 Å². The molecular weight excluding hydrogens is 489 g/mol. The molecule has 1 N–H and O–H groups in total. The van der Waals surface area contributed by atoms with E-state index in [2.05, 4.69) is 4.98 Å². The number of ether oxygens (including phenoxy) is 1. The highest BCUT2D eigenvalue weighted by Crippen LogP contribution is 2.39. The molecule has 0 radical (unpaired) electrons. The van der Waals surface area contributed by atoms with Crippen LogP contribution >= 0.6 is 35.0 Å². The number of esters is 1. The van der Waals surface area contributed by atoms with Gasteiger partial charge in [0.1, 0.15) is 5.56 Å². The minimum Gasteiger partial charge on any atom is -0.462 e. The van der Waals surface area contributed by atoms with E-state index in [1.54, 1.807) is 37.3 Å². The third-order valence-electron chi connectivity index (χ3n) is 5.17. The summed E-state index contributed by atoms with van der Waals surface area (Å²) in [5.41, 5.74) is 2.50. The van der Waals surface area contributed by atoms with Gasteiger partial charge in [-0.3, -0.25) is 4.79 Å². The van der Waals surface area contributed by atoms with Crippen LogP contribution in [0.4, 0.5) is 0 Å². The lowest BCUT2D eigenvalue weighted by atomic mass is 10.0. The van der Waals surface area contributed by atoms with E-state index in [1.807, 2.05) is 49.4 Å². The maximum absolute atomic E-state index is 13.9. The van der Waals surface area contributed by atoms with Gasteiger partial charge in [-0.2, -0.15) is 0 Å². The smallest absolute Gasteiger partial charge is 0.344 e. The number of carbonyl (C=O) groups is 1. The third kappa shape index (κ3) is 4.92. The van der Waals surface area contributed by atoms with Crippen molar-refractivity contribution < 1.29 is 9.53 Å². The van der Waals surface area contributed by atoms with Crippen LogP contribution in [0.5, 0.6) is 0 Å². The first-order valence-electron chi connectivity index (χ1n) is 10.6. The number of halogens is 2. The van der Waals surface area contributed by atoms with E-state index >= 15 is 0 Å². The summed E-state index contributed by atoms with van der Waals surface area (Å²) in [5.74, 6) is -0.713. The Morgan fingerprint density at radius 1 is 0.882 bits per heavy atom. The van der Waals surface area contributed by atoms with Crippen LogP contribution in [0, 0.1) is 6.92 Å². The molecule has 0 aliphatic rings. The highest BCUT2D eigenvalue weighted by atomic mass is 35.5. The van der Waals surface area contributed by atoms with Crippen LogP contribution in [-0.2, 0) is 4.74 Å². The molecule has 0 aliphatic carbocycles. The first kappa shape index (κ1) is 24.1. The highest BCUT2D eigenvalue weighted by Gasteiger charge is 2.27. The van der Waals surface area contributed by atoms with Gasteiger partial charge >= 0.3 is 5.97 Å². The molecule has 0 fully saturated rings. The Balaban J connectivity index is 2.06. The van der Waals surface area contributed by atoms with Crippen molar-refractivity contribution in [1.82, 2.24) is 4.98 Å². The molecule has 0 bridgehead atoms. The third-order valence-corrected chi connectivity index (χ3v) is 6.93. The maximum atomic E-state index is 13.9. The molecular formula is C27H21Cl2NO3S. The number of benzene rings is 3. The molecule has 4 aromatic rings. The van der Waals surface area contributed by atoms with E-state index in [1.165, 1.54) is 11.8 Å². The van der Waals surface area contributed by atoms with Gasteiger partial charge in [-0.1, -0.05) is 89.1 Å². The second-order valence-electron chi connectivity index (χ2n) is 7.50. The number of hydrogen-bond acceptors (Lipinski definition) is 4. The average molecular weight is 510 g/mol. The van der Waals surface area contributed by atoms with Gasteiger partial charge in [-0.05, 0) is 38.1 Å². The summed E-state index contributed by atoms with van der Waals surface area (Å²) in [6.07, 6.45) is 0. The second kappa shape index (κ2) is 10.5. The molecule has 3 aromatic carbocycles. The Morgan fingerprint density at radius 3 is 2.00 bits per heavy atom. The molecule has 0 unspecified atom stereocenters. The molecule has 34 heavy (non-hydrogen) atoms. The van der Waals surface area contributed by atoms with E-state index in [0.29, 0.717) is 31.8 Å². The SMILES string of the molecule is CCOC(=O)c1c(-c2ccccc2Cl)[nH]c(-c2ccccc2Cl)c(Sc2ccc(C)cc2)c1=O. The van der Waals surface area contributed by atoms with Crippen molar-refractivity contribution in [1.29, 1.82) is 0 Å². The van der Waals surface area contributed by atoms with E-state index in [9.17, 15) is 9.59 Å². The largest absolute Gasteiger partial charge is 0.462 e. The van der Waals surface area contributed by atoms with Crippen LogP contribution < -0.4 is 5.43 Å². The van der Waals surface area contributed by atoms with E-state index < -0.39 is 11.4 Å². The number of carbonyl (C=O) groups excluding carboxylic acids is 1. The standard InChI is InChI=1S/C27H21Cl2NO3S/c1-3-33-27(32)22-23(18-8-4-6-10-20(18)28)30-24(19-9-5-7-11-21(19)29)26(25(22)31)34-17-14-12-16(2)13-15-17/h4-15H,3H2,1-2H3,(H,30,31). The number of hydrogen-bond donors (Lipinski definition) is 1. The zero-order chi connectivity index (χ0) is 24.2. The Kier molecular flexibility index (Phi) is 7.47. The first-order valence-corrected chi connectivity index (χ1v) is 12.2. The molecule has 1 aromatic heterocycles. The molecule has 0 atom stereocenters. The van der Waals surface area contributed by atoms with E-state index in [-0.39, 0.29) is 17.9 Å². The molecule has 0 saturated carbocycles. The maximum Gasteiger partial charge on any atom is 0.344 e. The average Bonchev–Trinajstić information content (AvgIpc) is 2.82. The quantitative estimate of drug-likeness (QED) is 0.271. The van der Waals surface area contributed by atoms with Gasteiger partial charge in [0.25, 0.3) is 0 Å². The fourth-order valence-corrected chi connectivity index (χ4v) is 4.95.